The Morgan fingerprint density at radius 2 is 2.40 bits per heavy atom. The molecule has 2 nitrogen and oxygen atoms in total. The molecule has 3 rings (SSSR count). The van der Waals surface area contributed by atoms with E-state index >= 15 is 0 Å². The minimum Gasteiger partial charge on any atom is -0.308 e. The Morgan fingerprint density at radius 3 is 3.20 bits per heavy atom. The van der Waals surface area contributed by atoms with Crippen molar-refractivity contribution in [3.8, 4) is 0 Å². The zero-order chi connectivity index (χ0) is 10.3. The third-order valence-corrected chi connectivity index (χ3v) is 4.35. The first-order valence-corrected chi connectivity index (χ1v) is 6.73. The van der Waals surface area contributed by atoms with Gasteiger partial charge in [-0.05, 0) is 37.6 Å². The zero-order valence-electron chi connectivity index (χ0n) is 8.16. The van der Waals surface area contributed by atoms with Crippen LogP contribution >= 0.6 is 27.3 Å². The van der Waals surface area contributed by atoms with Crippen molar-refractivity contribution in [2.75, 3.05) is 6.54 Å². The molecule has 78 valence electrons. The average Bonchev–Trinajstić information content (AvgIpc) is 2.84. The van der Waals surface area contributed by atoms with Crippen molar-refractivity contribution in [1.82, 2.24) is 10.3 Å². The molecule has 0 amide bonds. The largest absolute Gasteiger partial charge is 0.308 e. The Bertz CT molecular complexity index is 488. The minimum atomic E-state index is 0.487. The SMILES string of the molecule is Brc1ccc2nc(C3CCCN3)sc2c1. The van der Waals surface area contributed by atoms with Gasteiger partial charge in [-0.15, -0.1) is 11.3 Å². The number of thiazole rings is 1. The number of aromatic nitrogens is 1. The highest BCUT2D eigenvalue weighted by molar-refractivity contribution is 9.10. The first-order chi connectivity index (χ1) is 7.33. The summed E-state index contributed by atoms with van der Waals surface area (Å²) in [5.41, 5.74) is 1.12. The Labute approximate surface area is 101 Å². The van der Waals surface area contributed by atoms with Crippen LogP contribution in [-0.2, 0) is 0 Å². The van der Waals surface area contributed by atoms with E-state index in [1.807, 2.05) is 6.07 Å². The molecule has 1 unspecified atom stereocenters. The Morgan fingerprint density at radius 1 is 1.47 bits per heavy atom. The van der Waals surface area contributed by atoms with Gasteiger partial charge in [0.1, 0.15) is 5.01 Å². The molecule has 1 atom stereocenters. The maximum Gasteiger partial charge on any atom is 0.111 e. The summed E-state index contributed by atoms with van der Waals surface area (Å²) in [4.78, 5) is 4.67. The summed E-state index contributed by atoms with van der Waals surface area (Å²) in [5.74, 6) is 0. The minimum absolute atomic E-state index is 0.487. The van der Waals surface area contributed by atoms with E-state index < -0.39 is 0 Å². The lowest BCUT2D eigenvalue weighted by molar-refractivity contribution is 0.644. The molecule has 0 radical (unpaired) electrons. The molecule has 1 N–H and O–H groups in total. The van der Waals surface area contributed by atoms with Crippen LogP contribution in [0.1, 0.15) is 23.9 Å². The summed E-state index contributed by atoms with van der Waals surface area (Å²) in [6.45, 7) is 1.13. The molecule has 2 heterocycles. The highest BCUT2D eigenvalue weighted by atomic mass is 79.9. The predicted molar refractivity (Wildman–Crippen MR) is 67.3 cm³/mol. The van der Waals surface area contributed by atoms with Gasteiger partial charge in [-0.25, -0.2) is 4.98 Å². The van der Waals surface area contributed by atoms with Gasteiger partial charge in [0.2, 0.25) is 0 Å². The summed E-state index contributed by atoms with van der Waals surface area (Å²) in [7, 11) is 0. The second-order valence-electron chi connectivity index (χ2n) is 3.81. The zero-order valence-corrected chi connectivity index (χ0v) is 10.6. The summed E-state index contributed by atoms with van der Waals surface area (Å²) in [6, 6.07) is 6.76. The van der Waals surface area contributed by atoms with Gasteiger partial charge < -0.3 is 5.32 Å². The van der Waals surface area contributed by atoms with E-state index in [-0.39, 0.29) is 0 Å². The standard InChI is InChI=1S/C11H11BrN2S/c12-7-3-4-8-10(6-7)15-11(14-8)9-2-1-5-13-9/h3-4,6,9,13H,1-2,5H2. The van der Waals surface area contributed by atoms with E-state index in [0.717, 1.165) is 16.5 Å². The van der Waals surface area contributed by atoms with E-state index in [1.54, 1.807) is 11.3 Å². The van der Waals surface area contributed by atoms with Gasteiger partial charge in [-0.3, -0.25) is 0 Å². The molecule has 4 heteroatoms. The van der Waals surface area contributed by atoms with E-state index in [1.165, 1.54) is 22.5 Å². The molecule has 1 aromatic carbocycles. The fourth-order valence-corrected chi connectivity index (χ4v) is 3.59. The highest BCUT2D eigenvalue weighted by Crippen LogP contribution is 2.32. The topological polar surface area (TPSA) is 24.9 Å². The summed E-state index contributed by atoms with van der Waals surface area (Å²) in [6.07, 6.45) is 2.49. The maximum absolute atomic E-state index is 4.67. The molecule has 1 fully saturated rings. The lowest BCUT2D eigenvalue weighted by Crippen LogP contribution is -2.12. The Kier molecular flexibility index (Phi) is 2.50. The van der Waals surface area contributed by atoms with Crippen LogP contribution < -0.4 is 5.32 Å². The lowest BCUT2D eigenvalue weighted by atomic mass is 10.2. The molecule has 1 aliphatic rings. The molecule has 1 saturated heterocycles. The summed E-state index contributed by atoms with van der Waals surface area (Å²) in [5, 5.41) is 4.72. The first kappa shape index (κ1) is 9.75. The maximum atomic E-state index is 4.67. The number of nitrogens with zero attached hydrogens (tertiary/aromatic N) is 1. The number of benzene rings is 1. The fraction of sp³-hybridized carbons (Fsp3) is 0.364. The smallest absolute Gasteiger partial charge is 0.111 e. The van der Waals surface area contributed by atoms with Gasteiger partial charge in [0.25, 0.3) is 0 Å². The lowest BCUT2D eigenvalue weighted by Gasteiger charge is -2.03. The van der Waals surface area contributed by atoms with Crippen LogP contribution in [-0.4, -0.2) is 11.5 Å². The van der Waals surface area contributed by atoms with Crippen molar-refractivity contribution in [2.45, 2.75) is 18.9 Å². The van der Waals surface area contributed by atoms with Gasteiger partial charge in [0, 0.05) is 4.47 Å². The van der Waals surface area contributed by atoms with Crippen molar-refractivity contribution in [1.29, 1.82) is 0 Å². The third kappa shape index (κ3) is 1.82. The van der Waals surface area contributed by atoms with Crippen molar-refractivity contribution >= 4 is 37.5 Å². The van der Waals surface area contributed by atoms with E-state index in [0.29, 0.717) is 6.04 Å². The van der Waals surface area contributed by atoms with Crippen LogP contribution in [0.4, 0.5) is 0 Å². The van der Waals surface area contributed by atoms with E-state index in [9.17, 15) is 0 Å². The van der Waals surface area contributed by atoms with Gasteiger partial charge in [0.15, 0.2) is 0 Å². The van der Waals surface area contributed by atoms with Gasteiger partial charge in [-0.2, -0.15) is 0 Å². The molecule has 15 heavy (non-hydrogen) atoms. The number of hydrogen-bond donors (Lipinski definition) is 1. The average molecular weight is 283 g/mol. The van der Waals surface area contributed by atoms with Crippen LogP contribution in [0.3, 0.4) is 0 Å². The van der Waals surface area contributed by atoms with Gasteiger partial charge in [-0.1, -0.05) is 15.9 Å². The van der Waals surface area contributed by atoms with Crippen molar-refractivity contribution in [3.05, 3.63) is 27.7 Å². The van der Waals surface area contributed by atoms with Crippen molar-refractivity contribution in [2.24, 2.45) is 0 Å². The van der Waals surface area contributed by atoms with Crippen molar-refractivity contribution in [3.63, 3.8) is 0 Å². The second kappa shape index (κ2) is 3.85. The van der Waals surface area contributed by atoms with Crippen LogP contribution in [0.15, 0.2) is 22.7 Å². The van der Waals surface area contributed by atoms with Crippen LogP contribution in [0.2, 0.25) is 0 Å². The summed E-state index contributed by atoms with van der Waals surface area (Å²) < 4.78 is 2.40. The molecule has 1 aliphatic heterocycles. The molecule has 0 bridgehead atoms. The van der Waals surface area contributed by atoms with E-state index in [2.05, 4.69) is 38.4 Å². The third-order valence-electron chi connectivity index (χ3n) is 2.73. The number of halogens is 1. The highest BCUT2D eigenvalue weighted by Gasteiger charge is 2.19. The monoisotopic (exact) mass is 282 g/mol. The number of rotatable bonds is 1. The quantitative estimate of drug-likeness (QED) is 0.866. The van der Waals surface area contributed by atoms with Crippen LogP contribution in [0.5, 0.6) is 0 Å². The molecule has 1 aromatic heterocycles. The predicted octanol–water partition coefficient (Wildman–Crippen LogP) is 3.48. The van der Waals surface area contributed by atoms with Crippen molar-refractivity contribution < 1.29 is 0 Å². The van der Waals surface area contributed by atoms with Crippen LogP contribution in [0, 0.1) is 0 Å². The van der Waals surface area contributed by atoms with E-state index in [4.69, 9.17) is 0 Å². The molecule has 2 aromatic rings. The summed E-state index contributed by atoms with van der Waals surface area (Å²) >= 11 is 5.29. The molecular formula is C11H11BrN2S. The molecule has 0 saturated carbocycles. The molecule has 0 spiro atoms. The second-order valence-corrected chi connectivity index (χ2v) is 5.79. The first-order valence-electron chi connectivity index (χ1n) is 5.12. The Balaban J connectivity index is 2.05. The Hall–Kier alpha value is -0.450. The number of nitrogens with one attached hydrogen (secondary N) is 1. The number of hydrogen-bond acceptors (Lipinski definition) is 3. The molecular weight excluding hydrogens is 272 g/mol. The fourth-order valence-electron chi connectivity index (χ4n) is 1.96. The van der Waals surface area contributed by atoms with Crippen LogP contribution in [0.25, 0.3) is 10.2 Å². The van der Waals surface area contributed by atoms with Gasteiger partial charge in [0.05, 0.1) is 16.3 Å². The van der Waals surface area contributed by atoms with Gasteiger partial charge >= 0.3 is 0 Å². The normalized spacial score (nSPS) is 21.3. The number of fused-ring (bicyclic) bond motifs is 1. The molecule has 0 aliphatic carbocycles.